The highest BCUT2D eigenvalue weighted by atomic mass is 127. The molecule has 0 aliphatic heterocycles. The zero-order chi connectivity index (χ0) is 15.6. The van der Waals surface area contributed by atoms with E-state index < -0.39 is 0 Å². The maximum absolute atomic E-state index is 12.4. The van der Waals surface area contributed by atoms with E-state index in [0.717, 1.165) is 9.13 Å². The molecule has 0 fully saturated rings. The Morgan fingerprint density at radius 3 is 2.52 bits per heavy atom. The Kier molecular flexibility index (Phi) is 5.77. The molecule has 2 rings (SSSR count). The number of carbonyl (C=O) groups is 1. The van der Waals surface area contributed by atoms with Crippen LogP contribution in [0, 0.1) is 3.57 Å². The first-order chi connectivity index (χ1) is 9.90. The molecule has 0 heterocycles. The molecule has 0 saturated heterocycles. The Hall–Kier alpha value is -0.490. The number of benzene rings is 2. The van der Waals surface area contributed by atoms with Gasteiger partial charge in [0.15, 0.2) is 0 Å². The van der Waals surface area contributed by atoms with Crippen LogP contribution in [0.15, 0.2) is 36.4 Å². The third kappa shape index (κ3) is 4.03. The number of hydrogen-bond acceptors (Lipinski definition) is 1. The van der Waals surface area contributed by atoms with Crippen LogP contribution in [0.4, 0.5) is 0 Å². The minimum absolute atomic E-state index is 0.121. The number of amides is 1. The summed E-state index contributed by atoms with van der Waals surface area (Å²) in [5, 5.41) is 1.52. The van der Waals surface area contributed by atoms with E-state index in [1.165, 1.54) is 0 Å². The van der Waals surface area contributed by atoms with Crippen LogP contribution in [0.2, 0.25) is 15.1 Å². The van der Waals surface area contributed by atoms with Crippen LogP contribution in [-0.4, -0.2) is 17.9 Å². The summed E-state index contributed by atoms with van der Waals surface area (Å²) in [5.41, 5.74) is 1.35. The molecule has 0 atom stereocenters. The molecule has 2 nitrogen and oxygen atoms in total. The fourth-order valence-corrected chi connectivity index (χ4v) is 2.74. The average Bonchev–Trinajstić information content (AvgIpc) is 2.46. The van der Waals surface area contributed by atoms with Crippen LogP contribution < -0.4 is 0 Å². The molecule has 1 amide bonds. The van der Waals surface area contributed by atoms with Crippen LogP contribution in [0.1, 0.15) is 15.9 Å². The normalized spacial score (nSPS) is 10.5. The average molecular weight is 455 g/mol. The van der Waals surface area contributed by atoms with Crippen molar-refractivity contribution >= 4 is 63.3 Å². The third-order valence-electron chi connectivity index (χ3n) is 2.95. The van der Waals surface area contributed by atoms with E-state index in [-0.39, 0.29) is 5.91 Å². The highest BCUT2D eigenvalue weighted by Crippen LogP contribution is 2.27. The first kappa shape index (κ1) is 16.9. The monoisotopic (exact) mass is 453 g/mol. The van der Waals surface area contributed by atoms with Crippen LogP contribution in [0.25, 0.3) is 0 Å². The van der Waals surface area contributed by atoms with E-state index in [1.54, 1.807) is 30.1 Å². The van der Waals surface area contributed by atoms with Crippen molar-refractivity contribution in [1.29, 1.82) is 0 Å². The lowest BCUT2D eigenvalue weighted by Crippen LogP contribution is -2.26. The van der Waals surface area contributed by atoms with Crippen LogP contribution >= 0.6 is 57.4 Å². The summed E-state index contributed by atoms with van der Waals surface area (Å²) in [6.07, 6.45) is 0. The molecule has 2 aromatic carbocycles. The highest BCUT2D eigenvalue weighted by molar-refractivity contribution is 14.1. The molecule has 0 radical (unpaired) electrons. The van der Waals surface area contributed by atoms with E-state index in [9.17, 15) is 4.79 Å². The number of carbonyl (C=O) groups excluding carboxylic acids is 1. The summed E-state index contributed by atoms with van der Waals surface area (Å²) < 4.78 is 0.909. The second-order valence-electron chi connectivity index (χ2n) is 4.50. The number of hydrogen-bond donors (Lipinski definition) is 0. The second-order valence-corrected chi connectivity index (χ2v) is 6.86. The van der Waals surface area contributed by atoms with Crippen molar-refractivity contribution in [3.05, 3.63) is 66.2 Å². The van der Waals surface area contributed by atoms with Crippen LogP contribution in [-0.2, 0) is 6.54 Å². The zero-order valence-electron chi connectivity index (χ0n) is 11.0. The number of rotatable bonds is 3. The van der Waals surface area contributed by atoms with Gasteiger partial charge in [0.05, 0.1) is 15.1 Å². The van der Waals surface area contributed by atoms with Crippen molar-refractivity contribution in [3.8, 4) is 0 Å². The number of halogens is 4. The summed E-state index contributed by atoms with van der Waals surface area (Å²) in [4.78, 5) is 14.0. The third-order valence-corrected chi connectivity index (χ3v) is 5.38. The van der Waals surface area contributed by atoms with Gasteiger partial charge in [-0.2, -0.15) is 0 Å². The fraction of sp³-hybridized carbons (Fsp3) is 0.133. The lowest BCUT2D eigenvalue weighted by atomic mass is 10.1. The van der Waals surface area contributed by atoms with E-state index >= 15 is 0 Å². The van der Waals surface area contributed by atoms with Crippen LogP contribution in [0.5, 0.6) is 0 Å². The highest BCUT2D eigenvalue weighted by Gasteiger charge is 2.15. The fourth-order valence-electron chi connectivity index (χ4n) is 1.85. The molecule has 0 aliphatic rings. The summed E-state index contributed by atoms with van der Waals surface area (Å²) in [6, 6.07) is 10.6. The van der Waals surface area contributed by atoms with E-state index in [1.807, 2.05) is 18.2 Å². The summed E-state index contributed by atoms with van der Waals surface area (Å²) >= 11 is 20.3. The minimum atomic E-state index is -0.121. The maximum Gasteiger partial charge on any atom is 0.253 e. The second kappa shape index (κ2) is 7.18. The van der Waals surface area contributed by atoms with E-state index in [4.69, 9.17) is 34.8 Å². The van der Waals surface area contributed by atoms with Gasteiger partial charge >= 0.3 is 0 Å². The predicted molar refractivity (Wildman–Crippen MR) is 96.4 cm³/mol. The van der Waals surface area contributed by atoms with E-state index in [2.05, 4.69) is 22.6 Å². The SMILES string of the molecule is CN(Cc1cccc(Cl)c1Cl)C(=O)c1ccc(I)c(Cl)c1. The predicted octanol–water partition coefficient (Wildman–Crippen LogP) is 5.52. The molecular weight excluding hydrogens is 443 g/mol. The first-order valence-electron chi connectivity index (χ1n) is 6.03. The Bertz CT molecular complexity index is 691. The summed E-state index contributed by atoms with van der Waals surface area (Å²) in [7, 11) is 1.71. The molecule has 0 unspecified atom stereocenters. The van der Waals surface area contributed by atoms with Crippen molar-refractivity contribution in [2.24, 2.45) is 0 Å². The van der Waals surface area contributed by atoms with E-state index in [0.29, 0.717) is 27.2 Å². The molecular formula is C15H11Cl3INO. The van der Waals surface area contributed by atoms with Crippen LogP contribution in [0.3, 0.4) is 0 Å². The quantitative estimate of drug-likeness (QED) is 0.559. The molecule has 0 bridgehead atoms. The van der Waals surface area contributed by atoms with Crippen molar-refractivity contribution < 1.29 is 4.79 Å². The van der Waals surface area contributed by atoms with Gasteiger partial charge in [-0.25, -0.2) is 0 Å². The lowest BCUT2D eigenvalue weighted by molar-refractivity contribution is 0.0785. The molecule has 110 valence electrons. The topological polar surface area (TPSA) is 20.3 Å². The summed E-state index contributed by atoms with van der Waals surface area (Å²) in [5.74, 6) is -0.121. The van der Waals surface area contributed by atoms with Crippen molar-refractivity contribution in [2.75, 3.05) is 7.05 Å². The maximum atomic E-state index is 12.4. The van der Waals surface area contributed by atoms with Gasteiger partial charge in [-0.3, -0.25) is 4.79 Å². The van der Waals surface area contributed by atoms with Gasteiger partial charge in [0, 0.05) is 22.7 Å². The van der Waals surface area contributed by atoms with Gasteiger partial charge in [0.1, 0.15) is 0 Å². The largest absolute Gasteiger partial charge is 0.337 e. The molecule has 6 heteroatoms. The molecule has 0 saturated carbocycles. The molecule has 2 aromatic rings. The van der Waals surface area contributed by atoms with Gasteiger partial charge in [-0.1, -0.05) is 46.9 Å². The first-order valence-corrected chi connectivity index (χ1v) is 8.25. The smallest absolute Gasteiger partial charge is 0.253 e. The molecule has 21 heavy (non-hydrogen) atoms. The zero-order valence-corrected chi connectivity index (χ0v) is 15.5. The van der Waals surface area contributed by atoms with Crippen molar-refractivity contribution in [3.63, 3.8) is 0 Å². The molecule has 0 aliphatic carbocycles. The molecule has 0 N–H and O–H groups in total. The number of nitrogens with zero attached hydrogens (tertiary/aromatic N) is 1. The minimum Gasteiger partial charge on any atom is -0.337 e. The molecule has 0 aromatic heterocycles. The standard InChI is InChI=1S/C15H11Cl3INO/c1-20(8-10-3-2-4-11(16)14(10)18)15(21)9-5-6-13(19)12(17)7-9/h2-7H,8H2,1H3. The van der Waals surface area contributed by atoms with Crippen molar-refractivity contribution in [2.45, 2.75) is 6.54 Å². The Morgan fingerprint density at radius 2 is 1.86 bits per heavy atom. The van der Waals surface area contributed by atoms with Gasteiger partial charge in [-0.15, -0.1) is 0 Å². The van der Waals surface area contributed by atoms with Gasteiger partial charge < -0.3 is 4.90 Å². The Labute approximate surface area is 152 Å². The molecule has 0 spiro atoms. The Balaban J connectivity index is 2.19. The van der Waals surface area contributed by atoms with Gasteiger partial charge in [0.2, 0.25) is 0 Å². The van der Waals surface area contributed by atoms with Crippen molar-refractivity contribution in [1.82, 2.24) is 4.90 Å². The van der Waals surface area contributed by atoms with Gasteiger partial charge in [0.25, 0.3) is 5.91 Å². The Morgan fingerprint density at radius 1 is 1.14 bits per heavy atom. The lowest BCUT2D eigenvalue weighted by Gasteiger charge is -2.18. The van der Waals surface area contributed by atoms with Gasteiger partial charge in [-0.05, 0) is 52.4 Å². The summed E-state index contributed by atoms with van der Waals surface area (Å²) in [6.45, 7) is 0.377.